The zero-order valence-corrected chi connectivity index (χ0v) is 35.0. The predicted molar refractivity (Wildman–Crippen MR) is 200 cm³/mol. The molecule has 2 saturated carbocycles. The van der Waals surface area contributed by atoms with E-state index >= 15 is 4.79 Å². The molecule has 1 aliphatic heterocycles. The number of carbonyl (C=O) groups is 8. The van der Waals surface area contributed by atoms with E-state index in [2.05, 4.69) is 6.58 Å². The summed E-state index contributed by atoms with van der Waals surface area (Å²) in [4.78, 5) is 108. The molecule has 1 aromatic carbocycles. The molecule has 1 saturated heterocycles. The van der Waals surface area contributed by atoms with E-state index in [1.165, 1.54) is 39.8 Å². The fourth-order valence-electron chi connectivity index (χ4n) is 8.65. The molecule has 58 heavy (non-hydrogen) atoms. The second kappa shape index (κ2) is 16.6. The zero-order chi connectivity index (χ0) is 43.9. The lowest BCUT2D eigenvalue weighted by Gasteiger charge is -2.45. The highest BCUT2D eigenvalue weighted by atomic mass is 16.6. The van der Waals surface area contributed by atoms with Gasteiger partial charge in [-0.2, -0.15) is 0 Å². The topological polar surface area (TPSA) is 214 Å². The summed E-state index contributed by atoms with van der Waals surface area (Å²) < 4.78 is 48.4. The van der Waals surface area contributed by atoms with Crippen LogP contribution in [0.15, 0.2) is 42.5 Å². The van der Waals surface area contributed by atoms with Crippen LogP contribution in [0.5, 0.6) is 0 Å². The number of epoxide rings is 1. The summed E-state index contributed by atoms with van der Waals surface area (Å²) in [6.45, 7) is 20.4. The van der Waals surface area contributed by atoms with Gasteiger partial charge in [0, 0.05) is 52.0 Å². The van der Waals surface area contributed by atoms with E-state index < -0.39 is 131 Å². The van der Waals surface area contributed by atoms with Crippen molar-refractivity contribution in [3.05, 3.63) is 48.0 Å². The second-order valence-electron chi connectivity index (χ2n) is 16.6. The van der Waals surface area contributed by atoms with E-state index in [1.807, 2.05) is 0 Å². The maximum absolute atomic E-state index is 15.4. The van der Waals surface area contributed by atoms with Gasteiger partial charge < -0.3 is 37.9 Å². The first-order chi connectivity index (χ1) is 26.7. The number of ketones is 1. The van der Waals surface area contributed by atoms with Gasteiger partial charge >= 0.3 is 41.8 Å². The van der Waals surface area contributed by atoms with Gasteiger partial charge in [0.15, 0.2) is 41.4 Å². The average Bonchev–Trinajstić information content (AvgIpc) is 3.76. The maximum Gasteiger partial charge on any atom is 0.338 e. The lowest BCUT2D eigenvalue weighted by molar-refractivity contribution is -0.194. The average molecular weight is 815 g/mol. The quantitative estimate of drug-likeness (QED) is 0.148. The van der Waals surface area contributed by atoms with Crippen molar-refractivity contribution < 1.29 is 76.3 Å². The number of rotatable bonds is 9. The molecule has 0 bridgehead atoms. The third kappa shape index (κ3) is 8.81. The molecule has 0 radical (unpaired) electrons. The third-order valence-corrected chi connectivity index (χ3v) is 11.2. The number of fused-ring (bicyclic) bond motifs is 2. The van der Waals surface area contributed by atoms with Gasteiger partial charge in [-0.1, -0.05) is 59.4 Å². The first kappa shape index (κ1) is 45.6. The minimum atomic E-state index is -2.43. The Labute approximate surface area is 337 Å². The Morgan fingerprint density at radius 1 is 0.724 bits per heavy atom. The number of hydrogen-bond acceptors (Lipinski definition) is 16. The normalized spacial score (nSPS) is 34.1. The van der Waals surface area contributed by atoms with Gasteiger partial charge in [0.05, 0.1) is 29.4 Å². The molecular formula is C42H54O16. The van der Waals surface area contributed by atoms with E-state index in [1.54, 1.807) is 39.0 Å². The van der Waals surface area contributed by atoms with Crippen LogP contribution in [0.4, 0.5) is 0 Å². The molecule has 1 heterocycles. The van der Waals surface area contributed by atoms with Gasteiger partial charge in [-0.3, -0.25) is 33.6 Å². The highest BCUT2D eigenvalue weighted by Crippen LogP contribution is 2.59. The number of hydrogen-bond donors (Lipinski definition) is 0. The molecule has 16 heteroatoms. The van der Waals surface area contributed by atoms with Crippen LogP contribution in [0.3, 0.4) is 0 Å². The first-order valence-electron chi connectivity index (χ1n) is 19.0. The van der Waals surface area contributed by atoms with Crippen LogP contribution >= 0.6 is 0 Å². The smallest absolute Gasteiger partial charge is 0.338 e. The molecule has 0 spiro atoms. The monoisotopic (exact) mass is 814 g/mol. The molecule has 318 valence electrons. The summed E-state index contributed by atoms with van der Waals surface area (Å²) >= 11 is 0. The Bertz CT molecular complexity index is 1850. The maximum atomic E-state index is 15.4. The van der Waals surface area contributed by atoms with Gasteiger partial charge in [0.2, 0.25) is 0 Å². The van der Waals surface area contributed by atoms with Crippen molar-refractivity contribution in [2.45, 2.75) is 143 Å². The summed E-state index contributed by atoms with van der Waals surface area (Å²) in [6.07, 6.45) is -10.4. The Hall–Kier alpha value is -5.12. The summed E-state index contributed by atoms with van der Waals surface area (Å²) in [5.74, 6) is -11.0. The van der Waals surface area contributed by atoms with Crippen molar-refractivity contribution in [2.24, 2.45) is 23.2 Å². The molecule has 0 unspecified atom stereocenters. The largest absolute Gasteiger partial charge is 0.458 e. The van der Waals surface area contributed by atoms with Gasteiger partial charge in [0.25, 0.3) is 0 Å². The van der Waals surface area contributed by atoms with Crippen molar-refractivity contribution in [1.29, 1.82) is 0 Å². The van der Waals surface area contributed by atoms with Crippen molar-refractivity contribution in [1.82, 2.24) is 0 Å². The molecule has 0 aromatic heterocycles. The fraction of sp³-hybridized carbons (Fsp3) is 0.619. The highest BCUT2D eigenvalue weighted by molar-refractivity contribution is 5.94. The van der Waals surface area contributed by atoms with Crippen molar-refractivity contribution in [2.75, 3.05) is 0 Å². The molecule has 2 aliphatic carbocycles. The minimum Gasteiger partial charge on any atom is -0.458 e. The van der Waals surface area contributed by atoms with Gasteiger partial charge in [-0.25, -0.2) is 4.79 Å². The van der Waals surface area contributed by atoms with Gasteiger partial charge in [0.1, 0.15) is 11.7 Å². The van der Waals surface area contributed by atoms with Crippen LogP contribution in [-0.2, 0) is 71.5 Å². The Kier molecular flexibility index (Phi) is 13.1. The lowest BCUT2D eigenvalue weighted by atomic mass is 9.67. The Balaban J connectivity index is 2.20. The zero-order valence-electron chi connectivity index (χ0n) is 35.0. The standard InChI is InChI=1S/C42H54O16/c1-20(2)36(49)54-31-21(3)30(51-23(5)43)29-34(52-24(6)44)40(12,56-26(8)46)19-42(29,57-27(9)47)33(48)22(4)41(13)38(58-41)39(10,11)35(53-25(7)45)32(31)55-37(50)28-17-15-14-16-18-28/h14-18,20,22,29-32,34-35,38H,3,19H2,1-2,4-13H3/t22-,29-,30+,31-,32-,34+,35+,38-,40+,41-,42+/m0/s1. The molecule has 4 rings (SSSR count). The summed E-state index contributed by atoms with van der Waals surface area (Å²) in [7, 11) is 0. The second-order valence-corrected chi connectivity index (χ2v) is 16.6. The van der Waals surface area contributed by atoms with E-state index in [0.717, 1.165) is 34.6 Å². The van der Waals surface area contributed by atoms with Gasteiger partial charge in [-0.15, -0.1) is 0 Å². The summed E-state index contributed by atoms with van der Waals surface area (Å²) in [5.41, 5.74) is -7.48. The van der Waals surface area contributed by atoms with Crippen molar-refractivity contribution >= 4 is 47.6 Å². The lowest BCUT2D eigenvalue weighted by Crippen LogP contribution is -2.61. The molecule has 3 aliphatic rings. The van der Waals surface area contributed by atoms with Crippen LogP contribution < -0.4 is 0 Å². The number of benzene rings is 1. The van der Waals surface area contributed by atoms with Crippen LogP contribution in [0, 0.1) is 23.2 Å². The Morgan fingerprint density at radius 2 is 1.26 bits per heavy atom. The first-order valence-corrected chi connectivity index (χ1v) is 19.0. The Morgan fingerprint density at radius 3 is 1.76 bits per heavy atom. The number of ether oxygens (including phenoxy) is 8. The van der Waals surface area contributed by atoms with Crippen LogP contribution in [0.1, 0.15) is 99.9 Å². The van der Waals surface area contributed by atoms with E-state index in [-0.39, 0.29) is 11.1 Å². The van der Waals surface area contributed by atoms with E-state index in [4.69, 9.17) is 37.9 Å². The molecular weight excluding hydrogens is 760 g/mol. The van der Waals surface area contributed by atoms with Crippen LogP contribution in [0.25, 0.3) is 0 Å². The molecule has 1 aromatic rings. The van der Waals surface area contributed by atoms with Crippen LogP contribution in [0.2, 0.25) is 0 Å². The SMILES string of the molecule is C=C1[C@@H](OC(C)=O)[C@H]2[C@@H](OC(C)=O)[C@](C)(OC(C)=O)C[C@]2(OC(C)=O)C(=O)[C@H](C)[C@]2(C)O[C@H]2C(C)(C)[C@H](OC(C)=O)[C@@H](OC(=O)c2ccccc2)[C@H]1OC(=O)C(C)C. The number of esters is 7. The predicted octanol–water partition coefficient (Wildman–Crippen LogP) is 4.18. The summed E-state index contributed by atoms with van der Waals surface area (Å²) in [6, 6.07) is 7.78. The van der Waals surface area contributed by atoms with Gasteiger partial charge in [-0.05, 0) is 26.0 Å². The van der Waals surface area contributed by atoms with Crippen molar-refractivity contribution in [3.63, 3.8) is 0 Å². The van der Waals surface area contributed by atoms with Crippen molar-refractivity contribution in [3.8, 4) is 0 Å². The minimum absolute atomic E-state index is 0.0625. The highest BCUT2D eigenvalue weighted by Gasteiger charge is 2.76. The van der Waals surface area contributed by atoms with E-state index in [9.17, 15) is 33.6 Å². The molecule has 3 fully saturated rings. The molecule has 0 amide bonds. The third-order valence-electron chi connectivity index (χ3n) is 11.2. The molecule has 0 N–H and O–H groups in total. The molecule has 11 atom stereocenters. The number of carbonyl (C=O) groups excluding carboxylic acids is 8. The fourth-order valence-corrected chi connectivity index (χ4v) is 8.65. The molecule has 16 nitrogen and oxygen atoms in total. The number of Topliss-reactive ketones (excluding diaryl/α,β-unsaturated/α-hetero) is 1. The summed E-state index contributed by atoms with van der Waals surface area (Å²) in [5, 5.41) is 0. The van der Waals surface area contributed by atoms with E-state index in [0.29, 0.717) is 0 Å². The van der Waals surface area contributed by atoms with Crippen LogP contribution in [-0.4, -0.2) is 101 Å².